The minimum Gasteiger partial charge on any atom is -0.395 e. The number of halogens is 1. The fourth-order valence-electron chi connectivity index (χ4n) is 2.37. The van der Waals surface area contributed by atoms with E-state index in [9.17, 15) is 0 Å². The van der Waals surface area contributed by atoms with Crippen molar-refractivity contribution in [3.05, 3.63) is 22.8 Å². The second kappa shape index (κ2) is 7.07. The lowest BCUT2D eigenvalue weighted by molar-refractivity contribution is 0.281. The van der Waals surface area contributed by atoms with Crippen LogP contribution >= 0.6 is 15.9 Å². The van der Waals surface area contributed by atoms with Gasteiger partial charge < -0.3 is 15.3 Å². The molecule has 0 radical (unpaired) electrons. The molecule has 4 nitrogen and oxygen atoms in total. The van der Waals surface area contributed by atoms with E-state index in [-0.39, 0.29) is 6.61 Å². The van der Waals surface area contributed by atoms with Gasteiger partial charge >= 0.3 is 0 Å². The molecule has 1 aliphatic rings. The predicted octanol–water partition coefficient (Wildman–Crippen LogP) is 1.78. The van der Waals surface area contributed by atoms with Gasteiger partial charge in [0.2, 0.25) is 0 Å². The molecule has 0 saturated carbocycles. The van der Waals surface area contributed by atoms with Crippen LogP contribution in [-0.2, 0) is 0 Å². The normalized spacial score (nSPS) is 20.8. The molecule has 0 spiro atoms. The molecule has 1 aromatic rings. The number of pyridine rings is 1. The van der Waals surface area contributed by atoms with Gasteiger partial charge in [-0.2, -0.15) is 0 Å². The highest BCUT2D eigenvalue weighted by Crippen LogP contribution is 2.19. The topological polar surface area (TPSA) is 48.4 Å². The second-order valence-corrected chi connectivity index (χ2v) is 5.42. The monoisotopic (exact) mass is 313 g/mol. The molecular weight excluding hydrogens is 294 g/mol. The number of anilines is 1. The molecule has 1 saturated heterocycles. The Kier molecular flexibility index (Phi) is 5.41. The molecule has 1 fully saturated rings. The standard InChI is InChI=1S/C13H20BrN3O/c14-12-4-1-5-13(16-12)17-8-2-3-11(6-9-17)15-7-10-18/h1,4-5,11,15,18H,2-3,6-10H2. The van der Waals surface area contributed by atoms with Crippen molar-refractivity contribution in [3.63, 3.8) is 0 Å². The fraction of sp³-hybridized carbons (Fsp3) is 0.615. The number of aliphatic hydroxyl groups is 1. The van der Waals surface area contributed by atoms with Gasteiger partial charge in [-0.1, -0.05) is 6.07 Å². The van der Waals surface area contributed by atoms with Gasteiger partial charge in [-0.15, -0.1) is 0 Å². The van der Waals surface area contributed by atoms with Crippen LogP contribution in [0.25, 0.3) is 0 Å². The van der Waals surface area contributed by atoms with Crippen molar-refractivity contribution in [1.29, 1.82) is 0 Å². The number of aromatic nitrogens is 1. The molecule has 2 heterocycles. The van der Waals surface area contributed by atoms with E-state index in [0.29, 0.717) is 12.6 Å². The maximum Gasteiger partial charge on any atom is 0.129 e. The van der Waals surface area contributed by atoms with Crippen molar-refractivity contribution in [2.45, 2.75) is 25.3 Å². The summed E-state index contributed by atoms with van der Waals surface area (Å²) < 4.78 is 0.888. The molecule has 1 aliphatic heterocycles. The molecule has 1 atom stereocenters. The van der Waals surface area contributed by atoms with Gasteiger partial charge in [-0.25, -0.2) is 4.98 Å². The summed E-state index contributed by atoms with van der Waals surface area (Å²) >= 11 is 3.42. The minimum absolute atomic E-state index is 0.216. The summed E-state index contributed by atoms with van der Waals surface area (Å²) in [5.74, 6) is 1.05. The van der Waals surface area contributed by atoms with Crippen LogP contribution < -0.4 is 10.2 Å². The smallest absolute Gasteiger partial charge is 0.129 e. The Hall–Kier alpha value is -0.650. The summed E-state index contributed by atoms with van der Waals surface area (Å²) in [6.07, 6.45) is 3.44. The Bertz CT molecular complexity index is 375. The van der Waals surface area contributed by atoms with Crippen molar-refractivity contribution in [2.24, 2.45) is 0 Å². The second-order valence-electron chi connectivity index (χ2n) is 4.61. The lowest BCUT2D eigenvalue weighted by Crippen LogP contribution is -2.33. The molecule has 0 amide bonds. The van der Waals surface area contributed by atoms with Crippen LogP contribution in [0.2, 0.25) is 0 Å². The Balaban J connectivity index is 1.92. The fourth-order valence-corrected chi connectivity index (χ4v) is 2.71. The first-order chi connectivity index (χ1) is 8.79. The maximum absolute atomic E-state index is 8.84. The molecule has 0 bridgehead atoms. The van der Waals surface area contributed by atoms with Crippen molar-refractivity contribution >= 4 is 21.7 Å². The zero-order chi connectivity index (χ0) is 12.8. The zero-order valence-electron chi connectivity index (χ0n) is 10.5. The number of hydrogen-bond acceptors (Lipinski definition) is 4. The van der Waals surface area contributed by atoms with E-state index < -0.39 is 0 Å². The van der Waals surface area contributed by atoms with Gasteiger partial charge in [0.15, 0.2) is 0 Å². The first-order valence-corrected chi connectivity index (χ1v) is 7.30. The highest BCUT2D eigenvalue weighted by molar-refractivity contribution is 9.10. The third-order valence-corrected chi connectivity index (χ3v) is 3.74. The molecular formula is C13H20BrN3O. The highest BCUT2D eigenvalue weighted by atomic mass is 79.9. The van der Waals surface area contributed by atoms with Crippen LogP contribution in [-0.4, -0.2) is 42.4 Å². The van der Waals surface area contributed by atoms with E-state index in [0.717, 1.165) is 36.4 Å². The van der Waals surface area contributed by atoms with E-state index in [1.54, 1.807) is 0 Å². The van der Waals surface area contributed by atoms with Gasteiger partial charge in [0.1, 0.15) is 10.4 Å². The van der Waals surface area contributed by atoms with Crippen LogP contribution in [0.1, 0.15) is 19.3 Å². The number of rotatable bonds is 4. The van der Waals surface area contributed by atoms with E-state index in [2.05, 4.69) is 37.2 Å². The Morgan fingerprint density at radius 2 is 2.28 bits per heavy atom. The minimum atomic E-state index is 0.216. The Morgan fingerprint density at radius 1 is 1.39 bits per heavy atom. The third kappa shape index (κ3) is 3.93. The first kappa shape index (κ1) is 13.8. The molecule has 5 heteroatoms. The molecule has 1 aromatic heterocycles. The quantitative estimate of drug-likeness (QED) is 0.832. The first-order valence-electron chi connectivity index (χ1n) is 6.51. The number of nitrogens with one attached hydrogen (secondary N) is 1. The summed E-state index contributed by atoms with van der Waals surface area (Å²) in [4.78, 5) is 6.85. The van der Waals surface area contributed by atoms with Crippen LogP contribution in [0.5, 0.6) is 0 Å². The molecule has 18 heavy (non-hydrogen) atoms. The highest BCUT2D eigenvalue weighted by Gasteiger charge is 2.17. The van der Waals surface area contributed by atoms with Crippen molar-refractivity contribution in [1.82, 2.24) is 10.3 Å². The largest absolute Gasteiger partial charge is 0.395 e. The number of hydrogen-bond donors (Lipinski definition) is 2. The molecule has 2 N–H and O–H groups in total. The summed E-state index contributed by atoms with van der Waals surface area (Å²) in [7, 11) is 0. The summed E-state index contributed by atoms with van der Waals surface area (Å²) in [6.45, 7) is 2.99. The predicted molar refractivity (Wildman–Crippen MR) is 76.9 cm³/mol. The summed E-state index contributed by atoms with van der Waals surface area (Å²) in [5.41, 5.74) is 0. The van der Waals surface area contributed by atoms with Crippen molar-refractivity contribution < 1.29 is 5.11 Å². The molecule has 100 valence electrons. The number of aliphatic hydroxyl groups excluding tert-OH is 1. The van der Waals surface area contributed by atoms with E-state index >= 15 is 0 Å². The van der Waals surface area contributed by atoms with Crippen molar-refractivity contribution in [2.75, 3.05) is 31.1 Å². The van der Waals surface area contributed by atoms with Gasteiger partial charge in [-0.3, -0.25) is 0 Å². The van der Waals surface area contributed by atoms with E-state index in [4.69, 9.17) is 5.11 Å². The lowest BCUT2D eigenvalue weighted by Gasteiger charge is -2.22. The van der Waals surface area contributed by atoms with Gasteiger partial charge in [0.25, 0.3) is 0 Å². The van der Waals surface area contributed by atoms with Gasteiger partial charge in [0, 0.05) is 25.7 Å². The Labute approximate surface area is 117 Å². The average molecular weight is 314 g/mol. The average Bonchev–Trinajstić information content (AvgIpc) is 2.62. The van der Waals surface area contributed by atoms with Crippen LogP contribution in [0.3, 0.4) is 0 Å². The zero-order valence-corrected chi connectivity index (χ0v) is 12.1. The van der Waals surface area contributed by atoms with Gasteiger partial charge in [-0.05, 0) is 47.3 Å². The molecule has 0 aromatic carbocycles. The Morgan fingerprint density at radius 3 is 3.06 bits per heavy atom. The lowest BCUT2D eigenvalue weighted by atomic mass is 10.1. The summed E-state index contributed by atoms with van der Waals surface area (Å²) in [5, 5.41) is 12.2. The van der Waals surface area contributed by atoms with E-state index in [1.807, 2.05) is 12.1 Å². The third-order valence-electron chi connectivity index (χ3n) is 3.30. The van der Waals surface area contributed by atoms with Crippen LogP contribution in [0, 0.1) is 0 Å². The summed E-state index contributed by atoms with van der Waals surface area (Å²) in [6, 6.07) is 6.56. The van der Waals surface area contributed by atoms with Crippen molar-refractivity contribution in [3.8, 4) is 0 Å². The molecule has 2 rings (SSSR count). The number of nitrogens with zero attached hydrogens (tertiary/aromatic N) is 2. The molecule has 1 unspecified atom stereocenters. The SMILES string of the molecule is OCCNC1CCCN(c2cccc(Br)n2)CC1. The molecule has 0 aliphatic carbocycles. The van der Waals surface area contributed by atoms with E-state index in [1.165, 1.54) is 6.42 Å². The van der Waals surface area contributed by atoms with Crippen LogP contribution in [0.15, 0.2) is 22.8 Å². The maximum atomic E-state index is 8.84. The van der Waals surface area contributed by atoms with Gasteiger partial charge in [0.05, 0.1) is 6.61 Å². The van der Waals surface area contributed by atoms with Crippen LogP contribution in [0.4, 0.5) is 5.82 Å².